The second-order valence-corrected chi connectivity index (χ2v) is 8.35. The Morgan fingerprint density at radius 1 is 1.19 bits per heavy atom. The van der Waals surface area contributed by atoms with Crippen LogP contribution in [-0.2, 0) is 21.2 Å². The van der Waals surface area contributed by atoms with E-state index in [1.165, 1.54) is 23.4 Å². The van der Waals surface area contributed by atoms with E-state index in [4.69, 9.17) is 4.42 Å². The Morgan fingerprint density at radius 3 is 2.48 bits per heavy atom. The van der Waals surface area contributed by atoms with Gasteiger partial charge in [0.1, 0.15) is 5.82 Å². The Balaban J connectivity index is 1.57. The van der Waals surface area contributed by atoms with Crippen LogP contribution in [0.25, 0.3) is 0 Å². The zero-order chi connectivity index (χ0) is 19.6. The molecule has 0 bridgehead atoms. The minimum absolute atomic E-state index is 0.0629. The maximum absolute atomic E-state index is 13.4. The Hall–Kier alpha value is -2.33. The fourth-order valence-electron chi connectivity index (χ4n) is 2.92. The average Bonchev–Trinajstić information content (AvgIpc) is 3.07. The molecule has 8 nitrogen and oxygen atoms in total. The number of aromatic nitrogens is 2. The molecule has 1 aromatic carbocycles. The third-order valence-corrected chi connectivity index (χ3v) is 6.37. The van der Waals surface area contributed by atoms with E-state index in [0.717, 1.165) is 6.07 Å². The van der Waals surface area contributed by atoms with Crippen molar-refractivity contribution >= 4 is 15.9 Å². The summed E-state index contributed by atoms with van der Waals surface area (Å²) in [5, 5.41) is 7.57. The lowest BCUT2D eigenvalue weighted by molar-refractivity contribution is -0.132. The van der Waals surface area contributed by atoms with Crippen molar-refractivity contribution in [2.24, 2.45) is 0 Å². The zero-order valence-corrected chi connectivity index (χ0v) is 16.0. The molecule has 1 aromatic heterocycles. The summed E-state index contributed by atoms with van der Waals surface area (Å²) in [6.45, 7) is 4.22. The van der Waals surface area contributed by atoms with E-state index in [2.05, 4.69) is 10.2 Å². The van der Waals surface area contributed by atoms with E-state index in [1.807, 2.05) is 0 Å². The molecule has 2 heterocycles. The highest BCUT2D eigenvalue weighted by atomic mass is 32.2. The number of amides is 1. The molecular weight excluding hydrogens is 375 g/mol. The Morgan fingerprint density at radius 2 is 1.89 bits per heavy atom. The molecule has 0 unspecified atom stereocenters. The first-order valence-corrected chi connectivity index (χ1v) is 10.0. The van der Waals surface area contributed by atoms with Gasteiger partial charge >= 0.3 is 0 Å². The van der Waals surface area contributed by atoms with Gasteiger partial charge in [-0.2, -0.15) is 4.31 Å². The van der Waals surface area contributed by atoms with E-state index < -0.39 is 15.8 Å². The predicted octanol–water partition coefficient (Wildman–Crippen LogP) is 1.29. The lowest BCUT2D eigenvalue weighted by Crippen LogP contribution is -2.50. The average molecular weight is 396 g/mol. The molecule has 1 aliphatic heterocycles. The van der Waals surface area contributed by atoms with Gasteiger partial charge in [-0.25, -0.2) is 12.8 Å². The van der Waals surface area contributed by atoms with Crippen LogP contribution in [0, 0.1) is 19.7 Å². The van der Waals surface area contributed by atoms with Crippen molar-refractivity contribution in [3.05, 3.63) is 41.4 Å². The number of benzene rings is 1. The summed E-state index contributed by atoms with van der Waals surface area (Å²) in [7, 11) is -3.71. The normalized spacial score (nSPS) is 15.9. The molecule has 0 N–H and O–H groups in total. The van der Waals surface area contributed by atoms with Crippen molar-refractivity contribution < 1.29 is 22.0 Å². The number of nitrogens with zero attached hydrogens (tertiary/aromatic N) is 4. The van der Waals surface area contributed by atoms with Gasteiger partial charge in [0.2, 0.25) is 27.7 Å². The molecular formula is C17H21FN4O4S. The zero-order valence-electron chi connectivity index (χ0n) is 15.2. The minimum atomic E-state index is -3.71. The van der Waals surface area contributed by atoms with Crippen LogP contribution < -0.4 is 0 Å². The summed E-state index contributed by atoms with van der Waals surface area (Å²) in [5.74, 6) is 0.336. The number of hydrogen-bond acceptors (Lipinski definition) is 6. The monoisotopic (exact) mass is 396 g/mol. The van der Waals surface area contributed by atoms with Crippen LogP contribution in [0.3, 0.4) is 0 Å². The fraction of sp³-hybridized carbons (Fsp3) is 0.471. The minimum Gasteiger partial charge on any atom is -0.426 e. The first-order valence-electron chi connectivity index (χ1n) is 8.60. The molecule has 0 atom stereocenters. The van der Waals surface area contributed by atoms with Crippen LogP contribution in [0.1, 0.15) is 23.8 Å². The van der Waals surface area contributed by atoms with E-state index >= 15 is 0 Å². The fourth-order valence-corrected chi connectivity index (χ4v) is 4.42. The lowest BCUT2D eigenvalue weighted by atomic mass is 10.2. The van der Waals surface area contributed by atoms with Crippen molar-refractivity contribution in [3.8, 4) is 0 Å². The molecule has 0 aliphatic carbocycles. The van der Waals surface area contributed by atoms with Gasteiger partial charge in [-0.05, 0) is 30.7 Å². The lowest BCUT2D eigenvalue weighted by Gasteiger charge is -2.34. The molecule has 27 heavy (non-hydrogen) atoms. The Labute approximate surface area is 157 Å². The van der Waals surface area contributed by atoms with Crippen LogP contribution in [0.2, 0.25) is 0 Å². The van der Waals surface area contributed by atoms with Crippen molar-refractivity contribution in [2.45, 2.75) is 31.6 Å². The van der Waals surface area contributed by atoms with Gasteiger partial charge in [-0.15, -0.1) is 10.2 Å². The number of hydrogen-bond donors (Lipinski definition) is 0. The van der Waals surface area contributed by atoms with Crippen molar-refractivity contribution in [3.63, 3.8) is 0 Å². The SMILES string of the molecule is Cc1nnc(CCC(=O)N2CCN(S(=O)(=O)c3ccc(F)c(C)c3)CC2)o1. The third kappa shape index (κ3) is 4.33. The van der Waals surface area contributed by atoms with Gasteiger partial charge in [0.25, 0.3) is 0 Å². The molecule has 1 aliphatic rings. The number of piperazine rings is 1. The molecule has 0 saturated carbocycles. The number of carbonyl (C=O) groups excluding carboxylic acids is 1. The third-order valence-electron chi connectivity index (χ3n) is 4.48. The second kappa shape index (κ2) is 7.73. The summed E-state index contributed by atoms with van der Waals surface area (Å²) >= 11 is 0. The summed E-state index contributed by atoms with van der Waals surface area (Å²) in [4.78, 5) is 14.0. The molecule has 0 spiro atoms. The van der Waals surface area contributed by atoms with Crippen LogP contribution >= 0.6 is 0 Å². The molecule has 1 amide bonds. The highest BCUT2D eigenvalue weighted by Gasteiger charge is 2.30. The van der Waals surface area contributed by atoms with Gasteiger partial charge in [-0.1, -0.05) is 0 Å². The van der Waals surface area contributed by atoms with Crippen molar-refractivity contribution in [1.82, 2.24) is 19.4 Å². The molecule has 1 saturated heterocycles. The van der Waals surface area contributed by atoms with Gasteiger partial charge in [0, 0.05) is 45.9 Å². The topological polar surface area (TPSA) is 96.6 Å². The predicted molar refractivity (Wildman–Crippen MR) is 93.8 cm³/mol. The Kier molecular flexibility index (Phi) is 5.56. The van der Waals surface area contributed by atoms with Gasteiger partial charge < -0.3 is 9.32 Å². The standard InChI is InChI=1S/C17H21FN4O4S/c1-12-11-14(3-4-15(12)18)27(24,25)22-9-7-21(8-10-22)17(23)6-5-16-20-19-13(2)26-16/h3-4,11H,5-10H2,1-2H3. The number of sulfonamides is 1. The van der Waals surface area contributed by atoms with Gasteiger partial charge in [0.15, 0.2) is 0 Å². The van der Waals surface area contributed by atoms with Crippen LogP contribution in [0.4, 0.5) is 4.39 Å². The molecule has 0 radical (unpaired) electrons. The molecule has 10 heteroatoms. The van der Waals surface area contributed by atoms with Crippen LogP contribution in [-0.4, -0.2) is 59.9 Å². The summed E-state index contributed by atoms with van der Waals surface area (Å²) in [6, 6.07) is 3.75. The second-order valence-electron chi connectivity index (χ2n) is 6.41. The maximum Gasteiger partial charge on any atom is 0.243 e. The number of rotatable bonds is 5. The maximum atomic E-state index is 13.4. The first kappa shape index (κ1) is 19.4. The first-order chi connectivity index (χ1) is 12.8. The smallest absolute Gasteiger partial charge is 0.243 e. The van der Waals surface area contributed by atoms with Crippen molar-refractivity contribution in [1.29, 1.82) is 0 Å². The van der Waals surface area contributed by atoms with E-state index in [-0.39, 0.29) is 35.9 Å². The van der Waals surface area contributed by atoms with E-state index in [0.29, 0.717) is 31.3 Å². The number of aryl methyl sites for hydroxylation is 3. The van der Waals surface area contributed by atoms with E-state index in [9.17, 15) is 17.6 Å². The quantitative estimate of drug-likeness (QED) is 0.756. The largest absolute Gasteiger partial charge is 0.426 e. The molecule has 1 fully saturated rings. The number of halogens is 1. The summed E-state index contributed by atoms with van der Waals surface area (Å²) < 4.78 is 45.4. The Bertz CT molecular complexity index is 936. The van der Waals surface area contributed by atoms with E-state index in [1.54, 1.807) is 11.8 Å². The number of carbonyl (C=O) groups is 1. The van der Waals surface area contributed by atoms with Gasteiger partial charge in [-0.3, -0.25) is 4.79 Å². The van der Waals surface area contributed by atoms with Crippen LogP contribution in [0.5, 0.6) is 0 Å². The summed E-state index contributed by atoms with van der Waals surface area (Å²) in [5.41, 5.74) is 0.279. The van der Waals surface area contributed by atoms with Crippen molar-refractivity contribution in [2.75, 3.05) is 26.2 Å². The molecule has 146 valence electrons. The molecule has 2 aromatic rings. The van der Waals surface area contributed by atoms with Gasteiger partial charge in [0.05, 0.1) is 4.90 Å². The highest BCUT2D eigenvalue weighted by molar-refractivity contribution is 7.89. The van der Waals surface area contributed by atoms with Crippen LogP contribution in [0.15, 0.2) is 27.5 Å². The highest BCUT2D eigenvalue weighted by Crippen LogP contribution is 2.20. The molecule has 3 rings (SSSR count). The summed E-state index contributed by atoms with van der Waals surface area (Å²) in [6.07, 6.45) is 0.582.